The van der Waals surface area contributed by atoms with Crippen molar-refractivity contribution in [1.82, 2.24) is 5.32 Å². The van der Waals surface area contributed by atoms with Gasteiger partial charge in [0.05, 0.1) is 12.7 Å². The van der Waals surface area contributed by atoms with E-state index in [1.807, 2.05) is 24.3 Å². The molecule has 0 saturated heterocycles. The third-order valence-electron chi connectivity index (χ3n) is 3.04. The van der Waals surface area contributed by atoms with Crippen molar-refractivity contribution in [3.63, 3.8) is 0 Å². The number of nitrogens with one attached hydrogen (secondary N) is 1. The van der Waals surface area contributed by atoms with Crippen molar-refractivity contribution in [3.05, 3.63) is 64.2 Å². The molecule has 5 heteroatoms. The Labute approximate surface area is 137 Å². The lowest BCUT2D eigenvalue weighted by molar-refractivity contribution is 0.0948. The molecule has 0 spiro atoms. The molecule has 0 aliphatic carbocycles. The highest BCUT2D eigenvalue weighted by Crippen LogP contribution is 2.22. The van der Waals surface area contributed by atoms with Gasteiger partial charge in [0.25, 0.3) is 5.91 Å². The summed E-state index contributed by atoms with van der Waals surface area (Å²) in [5, 5.41) is 4.19. The number of carbonyl (C=O) groups is 1. The molecule has 0 aliphatic heterocycles. The molecule has 1 amide bonds. The first-order valence-electron chi connectivity index (χ1n) is 6.39. The highest BCUT2D eigenvalue weighted by atomic mass is 79.9. The van der Waals surface area contributed by atoms with Crippen LogP contribution in [0.4, 0.5) is 0 Å². The normalized spacial score (nSPS) is 10.2. The highest BCUT2D eigenvalue weighted by Gasteiger charge is 2.12. The second-order valence-corrected chi connectivity index (χ2v) is 5.47. The van der Waals surface area contributed by atoms with E-state index in [9.17, 15) is 4.79 Å². The maximum Gasteiger partial charge on any atom is 0.255 e. The van der Waals surface area contributed by atoms with Gasteiger partial charge in [0.1, 0.15) is 5.75 Å². The third-order valence-corrected chi connectivity index (χ3v) is 3.92. The van der Waals surface area contributed by atoms with Crippen molar-refractivity contribution in [2.45, 2.75) is 11.9 Å². The van der Waals surface area contributed by atoms with Gasteiger partial charge in [-0.3, -0.25) is 4.79 Å². The van der Waals surface area contributed by atoms with E-state index in [2.05, 4.69) is 21.2 Å². The summed E-state index contributed by atoms with van der Waals surface area (Å²) in [6.07, 6.45) is 0. The Bertz CT molecular complexity index is 629. The Morgan fingerprint density at radius 2 is 1.86 bits per heavy atom. The summed E-state index contributed by atoms with van der Waals surface area (Å²) < 4.78 is 5.18. The molecule has 0 bridgehead atoms. The van der Waals surface area contributed by atoms with Crippen LogP contribution in [0.25, 0.3) is 0 Å². The van der Waals surface area contributed by atoms with Crippen molar-refractivity contribution in [2.24, 2.45) is 0 Å². The van der Waals surface area contributed by atoms with Crippen LogP contribution in [0.1, 0.15) is 21.5 Å². The molecule has 0 atom stereocenters. The Morgan fingerprint density at radius 3 is 2.48 bits per heavy atom. The van der Waals surface area contributed by atoms with Crippen molar-refractivity contribution >= 4 is 33.4 Å². The van der Waals surface area contributed by atoms with Crippen LogP contribution >= 0.6 is 27.5 Å². The molecule has 21 heavy (non-hydrogen) atoms. The Kier molecular flexibility index (Phi) is 5.65. The first-order chi connectivity index (χ1) is 10.1. The largest absolute Gasteiger partial charge is 0.496 e. The maximum absolute atomic E-state index is 12.2. The molecule has 3 nitrogen and oxygen atoms in total. The van der Waals surface area contributed by atoms with Gasteiger partial charge in [0, 0.05) is 16.9 Å². The fraction of sp³-hybridized carbons (Fsp3) is 0.188. The van der Waals surface area contributed by atoms with Crippen LogP contribution in [-0.4, -0.2) is 13.0 Å². The molecule has 0 aromatic heterocycles. The van der Waals surface area contributed by atoms with Gasteiger partial charge in [-0.25, -0.2) is 0 Å². The Balaban J connectivity index is 2.05. The van der Waals surface area contributed by atoms with Crippen molar-refractivity contribution < 1.29 is 9.53 Å². The Hall–Kier alpha value is -1.52. The summed E-state index contributed by atoms with van der Waals surface area (Å²) in [6, 6.07) is 13.0. The summed E-state index contributed by atoms with van der Waals surface area (Å²) in [5.41, 5.74) is 2.66. The fourth-order valence-electron chi connectivity index (χ4n) is 1.88. The fourth-order valence-corrected chi connectivity index (χ4v) is 2.43. The molecule has 0 fully saturated rings. The van der Waals surface area contributed by atoms with Crippen LogP contribution in [0.3, 0.4) is 0 Å². The van der Waals surface area contributed by atoms with Gasteiger partial charge < -0.3 is 10.1 Å². The first kappa shape index (κ1) is 15.9. The lowest BCUT2D eigenvalue weighted by atomic mass is 10.1. The molecule has 0 unspecified atom stereocenters. The van der Waals surface area contributed by atoms with Gasteiger partial charge in [0.15, 0.2) is 0 Å². The second-order valence-electron chi connectivity index (χ2n) is 4.48. The quantitative estimate of drug-likeness (QED) is 0.804. The number of carbonyl (C=O) groups excluding carboxylic acids is 1. The van der Waals surface area contributed by atoms with Gasteiger partial charge in [0.2, 0.25) is 0 Å². The van der Waals surface area contributed by atoms with E-state index in [1.54, 1.807) is 18.2 Å². The van der Waals surface area contributed by atoms with E-state index in [4.69, 9.17) is 16.3 Å². The molecular formula is C16H15BrClNO2. The first-order valence-corrected chi connectivity index (χ1v) is 7.89. The van der Waals surface area contributed by atoms with Crippen molar-refractivity contribution in [2.75, 3.05) is 7.11 Å². The number of ether oxygens (including phenoxy) is 1. The summed E-state index contributed by atoms with van der Waals surface area (Å²) >= 11 is 9.33. The standard InChI is InChI=1S/C16H15BrClNO2/c1-21-15-7-6-13(18)8-14(15)16(20)19-10-12-4-2-11(9-17)3-5-12/h2-8H,9-10H2,1H3,(H,19,20). The van der Waals surface area contributed by atoms with Gasteiger partial charge in [-0.15, -0.1) is 0 Å². The number of methoxy groups -OCH3 is 1. The van der Waals surface area contributed by atoms with Crippen LogP contribution in [0.5, 0.6) is 5.75 Å². The molecule has 110 valence electrons. The predicted molar refractivity (Wildman–Crippen MR) is 88.2 cm³/mol. The number of rotatable bonds is 5. The minimum Gasteiger partial charge on any atom is -0.496 e. The summed E-state index contributed by atoms with van der Waals surface area (Å²) in [4.78, 5) is 12.2. The van der Waals surface area contributed by atoms with E-state index in [0.29, 0.717) is 22.9 Å². The maximum atomic E-state index is 12.2. The second kappa shape index (κ2) is 7.48. The molecule has 2 aromatic carbocycles. The number of hydrogen-bond donors (Lipinski definition) is 1. The number of alkyl halides is 1. The van der Waals surface area contributed by atoms with Crippen molar-refractivity contribution in [3.8, 4) is 5.75 Å². The number of halogens is 2. The molecule has 0 radical (unpaired) electrons. The van der Waals surface area contributed by atoms with E-state index >= 15 is 0 Å². The minimum absolute atomic E-state index is 0.209. The summed E-state index contributed by atoms with van der Waals surface area (Å²) in [7, 11) is 1.53. The average molecular weight is 369 g/mol. The molecule has 2 aromatic rings. The number of hydrogen-bond acceptors (Lipinski definition) is 2. The zero-order valence-electron chi connectivity index (χ0n) is 11.5. The molecular weight excluding hydrogens is 354 g/mol. The smallest absolute Gasteiger partial charge is 0.255 e. The lowest BCUT2D eigenvalue weighted by Crippen LogP contribution is -2.23. The predicted octanol–water partition coefficient (Wildman–Crippen LogP) is 4.17. The summed E-state index contributed by atoms with van der Waals surface area (Å²) in [5.74, 6) is 0.297. The monoisotopic (exact) mass is 367 g/mol. The van der Waals surface area contributed by atoms with Crippen LogP contribution in [0.15, 0.2) is 42.5 Å². The lowest BCUT2D eigenvalue weighted by Gasteiger charge is -2.10. The van der Waals surface area contributed by atoms with Gasteiger partial charge in [-0.05, 0) is 29.3 Å². The van der Waals surface area contributed by atoms with Crippen LogP contribution in [0, 0.1) is 0 Å². The topological polar surface area (TPSA) is 38.3 Å². The van der Waals surface area contributed by atoms with Crippen LogP contribution in [-0.2, 0) is 11.9 Å². The molecule has 2 rings (SSSR count). The number of amides is 1. The van der Waals surface area contributed by atoms with Crippen LogP contribution in [0.2, 0.25) is 5.02 Å². The molecule has 0 aliphatic rings. The third kappa shape index (κ3) is 4.22. The van der Waals surface area contributed by atoms with Crippen molar-refractivity contribution in [1.29, 1.82) is 0 Å². The van der Waals surface area contributed by atoms with Crippen LogP contribution < -0.4 is 10.1 Å². The van der Waals surface area contributed by atoms with E-state index in [0.717, 1.165) is 10.9 Å². The zero-order chi connectivity index (χ0) is 15.2. The van der Waals surface area contributed by atoms with E-state index in [1.165, 1.54) is 12.7 Å². The van der Waals surface area contributed by atoms with E-state index < -0.39 is 0 Å². The minimum atomic E-state index is -0.209. The number of benzene rings is 2. The average Bonchev–Trinajstić information content (AvgIpc) is 2.53. The van der Waals surface area contributed by atoms with Gasteiger partial charge in [-0.1, -0.05) is 51.8 Å². The molecule has 0 heterocycles. The van der Waals surface area contributed by atoms with Gasteiger partial charge in [-0.2, -0.15) is 0 Å². The zero-order valence-corrected chi connectivity index (χ0v) is 13.9. The SMILES string of the molecule is COc1ccc(Cl)cc1C(=O)NCc1ccc(CBr)cc1. The van der Waals surface area contributed by atoms with Gasteiger partial charge >= 0.3 is 0 Å². The Morgan fingerprint density at radius 1 is 1.19 bits per heavy atom. The molecule has 0 saturated carbocycles. The molecule has 1 N–H and O–H groups in total. The van der Waals surface area contributed by atoms with E-state index in [-0.39, 0.29) is 5.91 Å². The summed E-state index contributed by atoms with van der Waals surface area (Å²) in [6.45, 7) is 0.455. The highest BCUT2D eigenvalue weighted by molar-refractivity contribution is 9.08.